The SMILES string of the molecule is COc1ccc(-c2ccccc2)cc1CS(=O)(=O)c1cc(Cl)cc(Cl)c1N.COc1ccc(-c2ccccc2)cc1N.Nc1c(Cl)cc(Cl)cc1S(=O)(=O)Cl.Nc1ccc(Cl)cc1Cl.O=S(=O)(O)Cl.O=S(Cl)Cl. The van der Waals surface area contributed by atoms with Gasteiger partial charge in [0.1, 0.15) is 16.4 Å². The molecule has 28 heteroatoms. The van der Waals surface area contributed by atoms with Crippen LogP contribution in [0.4, 0.5) is 22.7 Å². The van der Waals surface area contributed by atoms with Crippen LogP contribution in [0.3, 0.4) is 0 Å². The van der Waals surface area contributed by atoms with E-state index < -0.39 is 37.4 Å². The van der Waals surface area contributed by atoms with Gasteiger partial charge in [-0.25, -0.2) is 21.0 Å². The predicted octanol–water partition coefficient (Wildman–Crippen LogP) is 14.3. The Morgan fingerprint density at radius 3 is 1.29 bits per heavy atom. The third-order valence-corrected chi connectivity index (χ3v) is 13.4. The van der Waals surface area contributed by atoms with Crippen LogP contribution in [0, 0.1) is 0 Å². The zero-order chi connectivity index (χ0) is 55.4. The Hall–Kier alpha value is -3.80. The number of halogens is 10. The highest BCUT2D eigenvalue weighted by Crippen LogP contribution is 2.36. The van der Waals surface area contributed by atoms with Gasteiger partial charge in [-0.1, -0.05) is 142 Å². The molecule has 0 unspecified atom stereocenters. The van der Waals surface area contributed by atoms with Crippen LogP contribution in [0.25, 0.3) is 22.3 Å². The number of ether oxygens (including phenoxy) is 2. The summed E-state index contributed by atoms with van der Waals surface area (Å²) in [4.78, 5) is -0.362. The molecule has 14 nitrogen and oxygen atoms in total. The van der Waals surface area contributed by atoms with E-state index in [1.807, 2.05) is 72.8 Å². The van der Waals surface area contributed by atoms with Crippen molar-refractivity contribution >= 4 is 173 Å². The lowest BCUT2D eigenvalue weighted by atomic mass is 10.0. The molecule has 0 atom stereocenters. The first-order chi connectivity index (χ1) is 33.9. The van der Waals surface area contributed by atoms with Crippen LogP contribution in [-0.2, 0) is 43.2 Å². The number of hydrogen-bond donors (Lipinski definition) is 5. The Kier molecular flexibility index (Phi) is 27.4. The molecule has 0 spiro atoms. The zero-order valence-corrected chi connectivity index (χ0v) is 48.2. The Bertz CT molecular complexity index is 3330. The van der Waals surface area contributed by atoms with E-state index in [0.717, 1.165) is 34.1 Å². The average molecular weight is 1280 g/mol. The molecule has 0 saturated carbocycles. The summed E-state index contributed by atoms with van der Waals surface area (Å²) in [6, 6.07) is 41.2. The molecule has 0 aliphatic carbocycles. The Morgan fingerprint density at radius 2 is 0.890 bits per heavy atom. The average Bonchev–Trinajstić information content (AvgIpc) is 3.30. The molecule has 394 valence electrons. The van der Waals surface area contributed by atoms with E-state index in [-0.39, 0.29) is 47.0 Å². The van der Waals surface area contributed by atoms with Gasteiger partial charge in [-0.2, -0.15) is 8.42 Å². The number of benzene rings is 7. The van der Waals surface area contributed by atoms with E-state index in [9.17, 15) is 16.8 Å². The van der Waals surface area contributed by atoms with Crippen molar-refractivity contribution < 1.29 is 43.5 Å². The lowest BCUT2D eigenvalue weighted by Gasteiger charge is -2.13. The minimum Gasteiger partial charge on any atom is -0.496 e. The highest BCUT2D eigenvalue weighted by molar-refractivity contribution is 8.26. The van der Waals surface area contributed by atoms with E-state index >= 15 is 0 Å². The number of nitrogen functional groups attached to an aromatic ring is 4. The Balaban J connectivity index is 0.000000337. The van der Waals surface area contributed by atoms with Gasteiger partial charge in [-0.3, -0.25) is 4.55 Å². The first kappa shape index (κ1) is 65.3. The lowest BCUT2D eigenvalue weighted by Crippen LogP contribution is -2.09. The van der Waals surface area contributed by atoms with Gasteiger partial charge in [0.2, 0.25) is 9.23 Å². The van der Waals surface area contributed by atoms with E-state index in [1.165, 1.54) is 25.3 Å². The molecule has 0 bridgehead atoms. The van der Waals surface area contributed by atoms with E-state index in [0.29, 0.717) is 32.7 Å². The maximum Gasteiger partial charge on any atom is 0.353 e. The topological polar surface area (TPSA) is 262 Å². The number of nitrogens with two attached hydrogens (primary N) is 4. The van der Waals surface area contributed by atoms with Crippen LogP contribution in [-0.4, -0.2) is 48.2 Å². The summed E-state index contributed by atoms with van der Waals surface area (Å²) in [5.74, 6) is 0.900. The lowest BCUT2D eigenvalue weighted by molar-refractivity contribution is 0.411. The van der Waals surface area contributed by atoms with Crippen LogP contribution in [0.5, 0.6) is 11.5 Å². The van der Waals surface area contributed by atoms with Gasteiger partial charge < -0.3 is 32.4 Å². The molecule has 7 rings (SSSR count). The van der Waals surface area contributed by atoms with E-state index in [4.69, 9.17) is 130 Å². The van der Waals surface area contributed by atoms with Crippen molar-refractivity contribution in [2.45, 2.75) is 15.5 Å². The van der Waals surface area contributed by atoms with E-state index in [1.54, 1.807) is 37.4 Å². The summed E-state index contributed by atoms with van der Waals surface area (Å²) in [7, 11) is 7.73. The summed E-state index contributed by atoms with van der Waals surface area (Å²) in [6.07, 6.45) is 0. The number of hydrogen-bond acceptors (Lipinski definition) is 13. The molecule has 0 aromatic heterocycles. The van der Waals surface area contributed by atoms with Crippen LogP contribution >= 0.6 is 112 Å². The third kappa shape index (κ3) is 23.7. The van der Waals surface area contributed by atoms with Crippen molar-refractivity contribution in [3.05, 3.63) is 175 Å². The van der Waals surface area contributed by atoms with Crippen LogP contribution < -0.4 is 32.4 Å². The molecule has 0 radical (unpaired) electrons. The molecule has 0 aliphatic rings. The molecule has 0 aliphatic heterocycles. The van der Waals surface area contributed by atoms with Gasteiger partial charge in [-0.15, -0.1) is 0 Å². The molecular formula is C45H40Cl10N4O10S4. The molecule has 0 saturated heterocycles. The summed E-state index contributed by atoms with van der Waals surface area (Å²) < 4.78 is 92.5. The fraction of sp³-hybridized carbons (Fsp3) is 0.0667. The van der Waals surface area contributed by atoms with Gasteiger partial charge in [0.05, 0.1) is 62.7 Å². The summed E-state index contributed by atoms with van der Waals surface area (Å²) in [5.41, 5.74) is 28.3. The number of methoxy groups -OCH3 is 2. The van der Waals surface area contributed by atoms with Crippen molar-refractivity contribution in [2.75, 3.05) is 37.2 Å². The highest BCUT2D eigenvalue weighted by Gasteiger charge is 2.23. The Morgan fingerprint density at radius 1 is 0.493 bits per heavy atom. The first-order valence-corrected chi connectivity index (χ1v) is 30.7. The minimum absolute atomic E-state index is 0.0146. The summed E-state index contributed by atoms with van der Waals surface area (Å²) in [5, 5.41) is 1.64. The Labute approximate surface area is 473 Å². The maximum absolute atomic E-state index is 13.0. The molecule has 7 aromatic rings. The molecule has 73 heavy (non-hydrogen) atoms. The van der Waals surface area contributed by atoms with Crippen molar-refractivity contribution in [3.63, 3.8) is 0 Å². The van der Waals surface area contributed by atoms with Crippen LogP contribution in [0.15, 0.2) is 149 Å². The fourth-order valence-electron chi connectivity index (χ4n) is 5.61. The zero-order valence-electron chi connectivity index (χ0n) is 37.3. The second kappa shape index (κ2) is 30.7. The largest absolute Gasteiger partial charge is 0.496 e. The van der Waals surface area contributed by atoms with Crippen molar-refractivity contribution in [3.8, 4) is 33.8 Å². The first-order valence-electron chi connectivity index (χ1n) is 19.4. The van der Waals surface area contributed by atoms with Gasteiger partial charge >= 0.3 is 9.33 Å². The second-order valence-corrected chi connectivity index (χ2v) is 25.3. The van der Waals surface area contributed by atoms with Crippen molar-refractivity contribution in [2.24, 2.45) is 0 Å². The molecule has 0 fully saturated rings. The number of sulfone groups is 1. The number of rotatable bonds is 8. The monoisotopic (exact) mass is 1270 g/mol. The minimum atomic E-state index is -4.19. The fourth-order valence-corrected chi connectivity index (χ4v) is 9.81. The quantitative estimate of drug-likeness (QED) is 0.0538. The molecule has 7 aromatic carbocycles. The smallest absolute Gasteiger partial charge is 0.353 e. The van der Waals surface area contributed by atoms with Crippen LogP contribution in [0.2, 0.25) is 30.1 Å². The maximum atomic E-state index is 13.0. The van der Waals surface area contributed by atoms with Crippen molar-refractivity contribution in [1.29, 1.82) is 0 Å². The molecular weight excluding hydrogens is 1240 g/mol. The molecule has 0 amide bonds. The van der Waals surface area contributed by atoms with E-state index in [2.05, 4.69) is 44.2 Å². The standard InChI is InChI=1S/C20H17Cl2NO3S.C13H13NO.C6H4Cl3NO2S.C6H5Cl2N.Cl2OS.ClHO3S/c1-26-18-8-7-14(13-5-3-2-4-6-13)9-15(18)12-27(24,25)19-11-16(21)10-17(22)20(19)23;1-15-13-8-7-11(9-12(13)14)10-5-3-2-4-6-10;7-3-1-4(8)6(10)5(2-3)13(9,11)12;7-4-1-2-6(9)5(8)3-4;1-4(2)3;1-5(2,3)4/h2-11H,12,23H2,1H3;2-9H,14H2,1H3;1-2H,10H2;1-3H,9H2;;(H,2,3,4). The summed E-state index contributed by atoms with van der Waals surface area (Å²) in [6.45, 7) is 0. The summed E-state index contributed by atoms with van der Waals surface area (Å²) >= 11 is 34.3. The highest BCUT2D eigenvalue weighted by atomic mass is 36.0. The van der Waals surface area contributed by atoms with Gasteiger partial charge in [-0.05, 0) is 89.0 Å². The normalized spacial score (nSPS) is 10.8. The van der Waals surface area contributed by atoms with Crippen LogP contribution in [0.1, 0.15) is 5.56 Å². The van der Waals surface area contributed by atoms with Gasteiger partial charge in [0.15, 0.2) is 9.84 Å². The third-order valence-electron chi connectivity index (χ3n) is 8.74. The van der Waals surface area contributed by atoms with Gasteiger partial charge in [0, 0.05) is 63.4 Å². The second-order valence-electron chi connectivity index (χ2n) is 13.8. The number of anilines is 4. The van der Waals surface area contributed by atoms with Gasteiger partial charge in [0.25, 0.3) is 9.05 Å². The van der Waals surface area contributed by atoms with Crippen molar-refractivity contribution in [1.82, 2.24) is 0 Å². The predicted molar refractivity (Wildman–Crippen MR) is 305 cm³/mol. The molecule has 0 heterocycles. The molecule has 9 N–H and O–H groups in total.